The number of carbonyl (C=O) groups excluding carboxylic acids is 1. The van der Waals surface area contributed by atoms with Crippen LogP contribution in [0.2, 0.25) is 0 Å². The summed E-state index contributed by atoms with van der Waals surface area (Å²) >= 11 is 0. The van der Waals surface area contributed by atoms with Crippen molar-refractivity contribution in [3.8, 4) is 5.75 Å². The number of rotatable bonds is 8. The maximum Gasteiger partial charge on any atom is 0.255 e. The molecule has 0 aliphatic rings. The van der Waals surface area contributed by atoms with E-state index < -0.39 is 0 Å². The average molecular weight is 364 g/mol. The van der Waals surface area contributed by atoms with E-state index >= 15 is 0 Å². The van der Waals surface area contributed by atoms with Crippen molar-refractivity contribution >= 4 is 11.6 Å². The number of hydrogen-bond acceptors (Lipinski definition) is 4. The van der Waals surface area contributed by atoms with Gasteiger partial charge in [-0.15, -0.1) is 0 Å². The molecule has 2 aromatic carbocycles. The highest BCUT2D eigenvalue weighted by Gasteiger charge is 2.08. The van der Waals surface area contributed by atoms with Crippen molar-refractivity contribution in [1.29, 1.82) is 0 Å². The molecule has 3 rings (SSSR count). The van der Waals surface area contributed by atoms with Gasteiger partial charge in [0.1, 0.15) is 12.4 Å². The number of ether oxygens (including phenoxy) is 1. The molecule has 0 radical (unpaired) electrons. The molecule has 1 aromatic heterocycles. The number of carbonyl (C=O) groups is 1. The van der Waals surface area contributed by atoms with Crippen LogP contribution < -0.4 is 10.1 Å². The van der Waals surface area contributed by atoms with Crippen LogP contribution in [0.15, 0.2) is 67.0 Å². The van der Waals surface area contributed by atoms with Gasteiger partial charge in [0.15, 0.2) is 0 Å². The molecule has 0 aliphatic carbocycles. The number of aromatic nitrogens is 2. The third-order valence-corrected chi connectivity index (χ3v) is 4.03. The van der Waals surface area contributed by atoms with Crippen molar-refractivity contribution < 1.29 is 9.53 Å². The third kappa shape index (κ3) is 5.69. The molecule has 3 aromatic rings. The second-order valence-corrected chi connectivity index (χ2v) is 6.55. The van der Waals surface area contributed by atoms with Crippen LogP contribution in [0.25, 0.3) is 0 Å². The third-order valence-electron chi connectivity index (χ3n) is 4.03. The lowest BCUT2D eigenvalue weighted by molar-refractivity contribution is 0.102. The Hall–Kier alpha value is -3.12. The fourth-order valence-corrected chi connectivity index (χ4v) is 2.50. The van der Waals surface area contributed by atoms with Gasteiger partial charge in [-0.25, -0.2) is 0 Å². The number of benzene rings is 2. The van der Waals surface area contributed by atoms with E-state index in [2.05, 4.69) is 15.3 Å². The highest BCUT2D eigenvalue weighted by molar-refractivity contribution is 6.04. The van der Waals surface area contributed by atoms with Gasteiger partial charge >= 0.3 is 0 Å². The summed E-state index contributed by atoms with van der Waals surface area (Å²) in [5.41, 5.74) is 2.36. The van der Waals surface area contributed by atoms with Gasteiger partial charge in [-0.1, -0.05) is 30.3 Å². The zero-order valence-electron chi connectivity index (χ0n) is 15.6. The van der Waals surface area contributed by atoms with Gasteiger partial charge in [0.2, 0.25) is 0 Å². The van der Waals surface area contributed by atoms with Crippen LogP contribution in [-0.2, 0) is 13.2 Å². The van der Waals surface area contributed by atoms with Gasteiger partial charge < -0.3 is 15.0 Å². The van der Waals surface area contributed by atoms with E-state index in [1.807, 2.05) is 55.3 Å². The molecule has 0 fully saturated rings. The topological polar surface area (TPSA) is 59.4 Å². The van der Waals surface area contributed by atoms with Crippen molar-refractivity contribution in [3.05, 3.63) is 78.1 Å². The largest absolute Gasteiger partial charge is 0.489 e. The minimum absolute atomic E-state index is 0.170. The molecule has 0 spiro atoms. The Morgan fingerprint density at radius 3 is 2.56 bits per heavy atom. The van der Waals surface area contributed by atoms with E-state index in [-0.39, 0.29) is 5.91 Å². The molecule has 0 atom stereocenters. The first-order valence-corrected chi connectivity index (χ1v) is 8.85. The van der Waals surface area contributed by atoms with Gasteiger partial charge in [0.05, 0.1) is 18.4 Å². The normalized spacial score (nSPS) is 10.8. The maximum atomic E-state index is 12.4. The molecule has 6 heteroatoms. The molecular formula is C21H24N4O2. The number of hydrogen-bond donors (Lipinski definition) is 1. The summed E-state index contributed by atoms with van der Waals surface area (Å²) < 4.78 is 7.56. The van der Waals surface area contributed by atoms with Crippen LogP contribution in [0.4, 0.5) is 5.69 Å². The highest BCUT2D eigenvalue weighted by Crippen LogP contribution is 2.15. The molecule has 0 saturated heterocycles. The van der Waals surface area contributed by atoms with Gasteiger partial charge in [-0.05, 0) is 43.9 Å². The minimum atomic E-state index is -0.170. The van der Waals surface area contributed by atoms with Crippen LogP contribution in [-0.4, -0.2) is 41.2 Å². The predicted molar refractivity (Wildman–Crippen MR) is 106 cm³/mol. The molecule has 1 N–H and O–H groups in total. The van der Waals surface area contributed by atoms with E-state index in [1.165, 1.54) is 0 Å². The molecule has 0 aliphatic heterocycles. The van der Waals surface area contributed by atoms with Crippen molar-refractivity contribution in [2.45, 2.75) is 13.2 Å². The van der Waals surface area contributed by atoms with Crippen LogP contribution >= 0.6 is 0 Å². The van der Waals surface area contributed by atoms with Crippen molar-refractivity contribution in [2.75, 3.05) is 26.0 Å². The van der Waals surface area contributed by atoms with Gasteiger partial charge in [-0.2, -0.15) is 5.10 Å². The molecule has 0 unspecified atom stereocenters. The van der Waals surface area contributed by atoms with Gasteiger partial charge in [0, 0.05) is 18.3 Å². The number of likely N-dealkylation sites (N-methyl/N-ethyl adjacent to an activating group) is 1. The summed E-state index contributed by atoms with van der Waals surface area (Å²) in [5.74, 6) is 0.559. The molecular weight excluding hydrogens is 340 g/mol. The first-order valence-electron chi connectivity index (χ1n) is 8.85. The fourth-order valence-electron chi connectivity index (χ4n) is 2.50. The first-order chi connectivity index (χ1) is 13.1. The molecule has 1 amide bonds. The summed E-state index contributed by atoms with van der Waals surface area (Å²) in [7, 11) is 4.03. The molecule has 27 heavy (non-hydrogen) atoms. The average Bonchev–Trinajstić information content (AvgIpc) is 3.13. The zero-order valence-corrected chi connectivity index (χ0v) is 15.6. The van der Waals surface area contributed by atoms with E-state index in [0.717, 1.165) is 24.4 Å². The predicted octanol–water partition coefficient (Wildman–Crippen LogP) is 3.28. The Bertz CT molecular complexity index is 857. The Morgan fingerprint density at radius 1 is 1.11 bits per heavy atom. The number of anilines is 1. The first kappa shape index (κ1) is 18.7. The van der Waals surface area contributed by atoms with Crippen molar-refractivity contribution in [2.24, 2.45) is 0 Å². The van der Waals surface area contributed by atoms with Gasteiger partial charge in [0.25, 0.3) is 5.91 Å². The lowest BCUT2D eigenvalue weighted by Crippen LogP contribution is -2.18. The van der Waals surface area contributed by atoms with Crippen LogP contribution in [0.1, 0.15) is 15.9 Å². The Labute approximate surface area is 159 Å². The summed E-state index contributed by atoms with van der Waals surface area (Å²) in [4.78, 5) is 14.5. The Morgan fingerprint density at radius 2 is 1.85 bits per heavy atom. The number of amides is 1. The van der Waals surface area contributed by atoms with Crippen LogP contribution in [0, 0.1) is 0 Å². The van der Waals surface area contributed by atoms with Gasteiger partial charge in [-0.3, -0.25) is 9.48 Å². The second kappa shape index (κ2) is 9.00. The van der Waals surface area contributed by atoms with Crippen LogP contribution in [0.3, 0.4) is 0 Å². The summed E-state index contributed by atoms with van der Waals surface area (Å²) in [6.07, 6.45) is 3.49. The van der Waals surface area contributed by atoms with Crippen molar-refractivity contribution in [1.82, 2.24) is 14.7 Å². The lowest BCUT2D eigenvalue weighted by atomic mass is 10.2. The number of nitrogens with zero attached hydrogens (tertiary/aromatic N) is 3. The monoisotopic (exact) mass is 364 g/mol. The molecule has 0 saturated carbocycles. The molecule has 140 valence electrons. The number of nitrogens with one attached hydrogen (secondary N) is 1. The van der Waals surface area contributed by atoms with Crippen LogP contribution in [0.5, 0.6) is 5.75 Å². The van der Waals surface area contributed by atoms with E-state index in [4.69, 9.17) is 4.74 Å². The lowest BCUT2D eigenvalue weighted by Gasteiger charge is -2.08. The van der Waals surface area contributed by atoms with E-state index in [1.54, 1.807) is 30.5 Å². The second-order valence-electron chi connectivity index (χ2n) is 6.55. The minimum Gasteiger partial charge on any atom is -0.489 e. The van der Waals surface area contributed by atoms with E-state index in [0.29, 0.717) is 17.9 Å². The van der Waals surface area contributed by atoms with Crippen molar-refractivity contribution in [3.63, 3.8) is 0 Å². The van der Waals surface area contributed by atoms with E-state index in [9.17, 15) is 4.79 Å². The molecule has 0 bridgehead atoms. The Balaban J connectivity index is 1.53. The SMILES string of the molecule is CN(C)CCn1cc(NC(=O)c2ccc(OCc3ccccc3)cc2)cn1. The standard InChI is InChI=1S/C21H24N4O2/c1-24(2)12-13-25-15-19(14-22-25)23-21(26)18-8-10-20(11-9-18)27-16-17-6-4-3-5-7-17/h3-11,14-15H,12-13,16H2,1-2H3,(H,23,26). The summed E-state index contributed by atoms with van der Waals surface area (Å²) in [5, 5.41) is 7.12. The maximum absolute atomic E-state index is 12.4. The smallest absolute Gasteiger partial charge is 0.255 e. The quantitative estimate of drug-likeness (QED) is 0.666. The summed E-state index contributed by atoms with van der Waals surface area (Å²) in [6, 6.07) is 17.1. The summed E-state index contributed by atoms with van der Waals surface area (Å²) in [6.45, 7) is 2.16. The highest BCUT2D eigenvalue weighted by atomic mass is 16.5. The molecule has 1 heterocycles. The Kier molecular flexibility index (Phi) is 6.22. The fraction of sp³-hybridized carbons (Fsp3) is 0.238. The zero-order chi connectivity index (χ0) is 19.1. The molecule has 6 nitrogen and oxygen atoms in total.